The molecule has 1 N–H and O–H groups in total. The molecule has 112 valence electrons. The maximum absolute atomic E-state index is 11.7. The minimum absolute atomic E-state index is 0.351. The minimum atomic E-state index is -3.93. The van der Waals surface area contributed by atoms with Gasteiger partial charge in [0.25, 0.3) is 10.1 Å². The third-order valence-corrected chi connectivity index (χ3v) is 3.46. The molecule has 0 radical (unpaired) electrons. The predicted molar refractivity (Wildman–Crippen MR) is 77.2 cm³/mol. The lowest BCUT2D eigenvalue weighted by molar-refractivity contribution is 0.0298. The first kappa shape index (κ1) is 16.9. The largest absolute Gasteiger partial charge is 0.442 e. The van der Waals surface area contributed by atoms with E-state index in [9.17, 15) is 13.2 Å². The molecule has 1 amide bonds. The first-order chi connectivity index (χ1) is 9.07. The smallest absolute Gasteiger partial charge is 0.432 e. The second kappa shape index (κ2) is 6.55. The quantitative estimate of drug-likeness (QED) is 0.829. The maximum Gasteiger partial charge on any atom is 0.432 e. The van der Waals surface area contributed by atoms with Crippen molar-refractivity contribution >= 4 is 32.1 Å². The normalized spacial score (nSPS) is 12.0. The van der Waals surface area contributed by atoms with Crippen LogP contribution in [0.5, 0.6) is 0 Å². The van der Waals surface area contributed by atoms with Gasteiger partial charge < -0.3 is 4.74 Å². The van der Waals surface area contributed by atoms with E-state index in [4.69, 9.17) is 4.74 Å². The van der Waals surface area contributed by atoms with E-state index in [1.54, 1.807) is 50.5 Å². The highest BCUT2D eigenvalue weighted by Crippen LogP contribution is 2.13. The van der Waals surface area contributed by atoms with E-state index >= 15 is 0 Å². The molecule has 0 unspecified atom stereocenters. The van der Waals surface area contributed by atoms with Crippen LogP contribution >= 0.6 is 15.9 Å². The van der Waals surface area contributed by atoms with Crippen LogP contribution < -0.4 is 5.48 Å². The van der Waals surface area contributed by atoms with E-state index in [-0.39, 0.29) is 5.75 Å². The SMILES string of the molecule is CC(C)(C)OC(=O)NOS(=O)(=O)Cc1ccc(Br)cc1. The van der Waals surface area contributed by atoms with Crippen molar-refractivity contribution in [3.8, 4) is 0 Å². The van der Waals surface area contributed by atoms with Gasteiger partial charge in [-0.05, 0) is 38.5 Å². The third-order valence-electron chi connectivity index (χ3n) is 1.91. The topological polar surface area (TPSA) is 81.7 Å². The molecule has 20 heavy (non-hydrogen) atoms. The Morgan fingerprint density at radius 1 is 1.25 bits per heavy atom. The van der Waals surface area contributed by atoms with Gasteiger partial charge in [0.1, 0.15) is 11.4 Å². The van der Waals surface area contributed by atoms with E-state index in [1.165, 1.54) is 0 Å². The Balaban J connectivity index is 2.54. The van der Waals surface area contributed by atoms with Gasteiger partial charge in [0.2, 0.25) is 0 Å². The van der Waals surface area contributed by atoms with Gasteiger partial charge in [-0.1, -0.05) is 28.1 Å². The van der Waals surface area contributed by atoms with Gasteiger partial charge in [0.15, 0.2) is 0 Å². The zero-order chi connectivity index (χ0) is 15.4. The van der Waals surface area contributed by atoms with Gasteiger partial charge in [-0.3, -0.25) is 0 Å². The number of amides is 1. The molecule has 1 aromatic rings. The van der Waals surface area contributed by atoms with E-state index in [2.05, 4.69) is 20.2 Å². The lowest BCUT2D eigenvalue weighted by Gasteiger charge is -2.19. The molecule has 1 aromatic carbocycles. The number of carbonyl (C=O) groups excluding carboxylic acids is 1. The van der Waals surface area contributed by atoms with Gasteiger partial charge >= 0.3 is 6.09 Å². The molecule has 0 heterocycles. The summed E-state index contributed by atoms with van der Waals surface area (Å²) in [5.41, 5.74) is 1.56. The molecule has 0 atom stereocenters. The highest BCUT2D eigenvalue weighted by atomic mass is 79.9. The molecule has 0 aliphatic carbocycles. The van der Waals surface area contributed by atoms with Crippen molar-refractivity contribution in [3.05, 3.63) is 34.3 Å². The van der Waals surface area contributed by atoms with Crippen LogP contribution in [0.1, 0.15) is 26.3 Å². The van der Waals surface area contributed by atoms with Crippen LogP contribution in [0.3, 0.4) is 0 Å². The highest BCUT2D eigenvalue weighted by Gasteiger charge is 2.19. The highest BCUT2D eigenvalue weighted by molar-refractivity contribution is 9.10. The Bertz CT molecular complexity index is 563. The maximum atomic E-state index is 11.7. The number of hydrogen-bond acceptors (Lipinski definition) is 5. The molecule has 1 rings (SSSR count). The predicted octanol–water partition coefficient (Wildman–Crippen LogP) is 2.74. The van der Waals surface area contributed by atoms with E-state index in [1.807, 2.05) is 0 Å². The lowest BCUT2D eigenvalue weighted by Crippen LogP contribution is -2.34. The average molecular weight is 366 g/mol. The fourth-order valence-electron chi connectivity index (χ4n) is 1.21. The summed E-state index contributed by atoms with van der Waals surface area (Å²) < 4.78 is 33.4. The molecule has 0 spiro atoms. The van der Waals surface area contributed by atoms with Crippen LogP contribution in [0, 0.1) is 0 Å². The van der Waals surface area contributed by atoms with Crippen LogP contribution in [0.15, 0.2) is 28.7 Å². The van der Waals surface area contributed by atoms with Gasteiger partial charge in [0, 0.05) is 4.47 Å². The Labute approximate surface area is 126 Å². The number of hydroxylamine groups is 1. The van der Waals surface area contributed by atoms with Crippen LogP contribution in [-0.4, -0.2) is 20.1 Å². The van der Waals surface area contributed by atoms with Crippen molar-refractivity contribution in [1.29, 1.82) is 0 Å². The summed E-state index contributed by atoms with van der Waals surface area (Å²) in [7, 11) is -3.93. The van der Waals surface area contributed by atoms with Gasteiger partial charge in [-0.25, -0.2) is 4.79 Å². The number of nitrogens with one attached hydrogen (secondary N) is 1. The van der Waals surface area contributed by atoms with E-state index in [0.717, 1.165) is 4.47 Å². The Hall–Kier alpha value is -1.12. The van der Waals surface area contributed by atoms with Crippen molar-refractivity contribution in [1.82, 2.24) is 5.48 Å². The summed E-state index contributed by atoms with van der Waals surface area (Å²) in [6, 6.07) is 6.70. The number of halogens is 1. The van der Waals surface area contributed by atoms with Gasteiger partial charge in [-0.2, -0.15) is 13.9 Å². The Kier molecular flexibility index (Phi) is 5.55. The minimum Gasteiger partial charge on any atom is -0.442 e. The van der Waals surface area contributed by atoms with Crippen molar-refractivity contribution in [2.75, 3.05) is 0 Å². The number of carbonyl (C=O) groups is 1. The number of ether oxygens (including phenoxy) is 1. The van der Waals surface area contributed by atoms with Crippen molar-refractivity contribution in [2.24, 2.45) is 0 Å². The van der Waals surface area contributed by atoms with Gasteiger partial charge in [0.05, 0.1) is 0 Å². The fraction of sp³-hybridized carbons (Fsp3) is 0.417. The molecule has 0 bridgehead atoms. The monoisotopic (exact) mass is 365 g/mol. The van der Waals surface area contributed by atoms with E-state index in [0.29, 0.717) is 5.56 Å². The molecule has 0 saturated carbocycles. The molecule has 0 saturated heterocycles. The third kappa shape index (κ3) is 6.88. The standard InChI is InChI=1S/C12H16BrNO5S/c1-12(2,3)18-11(15)14-19-20(16,17)8-9-4-6-10(13)7-5-9/h4-7H,8H2,1-3H3,(H,14,15). The van der Waals surface area contributed by atoms with Crippen molar-refractivity contribution in [2.45, 2.75) is 32.1 Å². The number of rotatable bonds is 4. The Morgan fingerprint density at radius 3 is 2.30 bits per heavy atom. The zero-order valence-electron chi connectivity index (χ0n) is 11.3. The average Bonchev–Trinajstić information content (AvgIpc) is 2.27. The van der Waals surface area contributed by atoms with Crippen LogP contribution in [0.4, 0.5) is 4.79 Å². The molecule has 0 aliphatic rings. The van der Waals surface area contributed by atoms with Crippen molar-refractivity contribution < 1.29 is 22.2 Å². The van der Waals surface area contributed by atoms with Crippen LogP contribution in [-0.2, 0) is 24.9 Å². The zero-order valence-corrected chi connectivity index (χ0v) is 13.7. The second-order valence-electron chi connectivity index (χ2n) is 5.02. The first-order valence-corrected chi connectivity index (χ1v) is 8.09. The summed E-state index contributed by atoms with van der Waals surface area (Å²) in [6.07, 6.45) is -0.961. The second-order valence-corrected chi connectivity index (χ2v) is 7.50. The summed E-state index contributed by atoms with van der Waals surface area (Å²) in [6.45, 7) is 4.97. The summed E-state index contributed by atoms with van der Waals surface area (Å²) in [5.74, 6) is -0.351. The molecule has 0 aromatic heterocycles. The number of benzene rings is 1. The molecular formula is C12H16BrNO5S. The fourth-order valence-corrected chi connectivity index (χ4v) is 2.33. The molecule has 0 aliphatic heterocycles. The van der Waals surface area contributed by atoms with Crippen molar-refractivity contribution in [3.63, 3.8) is 0 Å². The molecule has 8 heteroatoms. The van der Waals surface area contributed by atoms with Crippen LogP contribution in [0.2, 0.25) is 0 Å². The Morgan fingerprint density at radius 2 is 1.80 bits per heavy atom. The molecule has 0 fully saturated rings. The molecular weight excluding hydrogens is 350 g/mol. The van der Waals surface area contributed by atoms with Crippen LogP contribution in [0.25, 0.3) is 0 Å². The number of hydrogen-bond donors (Lipinski definition) is 1. The van der Waals surface area contributed by atoms with Gasteiger partial charge in [-0.15, -0.1) is 4.28 Å². The molecule has 6 nitrogen and oxygen atoms in total. The first-order valence-electron chi connectivity index (χ1n) is 5.72. The summed E-state index contributed by atoms with van der Waals surface area (Å²) in [4.78, 5) is 11.3. The lowest BCUT2D eigenvalue weighted by atomic mass is 10.2. The summed E-state index contributed by atoms with van der Waals surface area (Å²) in [5, 5.41) is 0. The van der Waals surface area contributed by atoms with E-state index < -0.39 is 21.8 Å². The summed E-state index contributed by atoms with van der Waals surface area (Å²) >= 11 is 3.25.